The highest BCUT2D eigenvalue weighted by Gasteiger charge is 2.19. The third-order valence-corrected chi connectivity index (χ3v) is 3.84. The van der Waals surface area contributed by atoms with E-state index in [0.29, 0.717) is 12.2 Å². The Hall–Kier alpha value is -2.63. The summed E-state index contributed by atoms with van der Waals surface area (Å²) >= 11 is 0. The van der Waals surface area contributed by atoms with Crippen LogP contribution in [-0.2, 0) is 4.74 Å². The predicted molar refractivity (Wildman–Crippen MR) is 88.9 cm³/mol. The van der Waals surface area contributed by atoms with Crippen molar-refractivity contribution in [1.29, 1.82) is 0 Å². The number of carbonyl (C=O) groups is 1. The van der Waals surface area contributed by atoms with Gasteiger partial charge in [0.1, 0.15) is 0 Å². The summed E-state index contributed by atoms with van der Waals surface area (Å²) in [6, 6.07) is 9.43. The number of hydrogen-bond donors (Lipinski definition) is 0. The second-order valence-electron chi connectivity index (χ2n) is 5.29. The molecule has 1 aliphatic rings. The molecule has 0 amide bonds. The van der Waals surface area contributed by atoms with Gasteiger partial charge in [0.2, 0.25) is 5.95 Å². The maximum atomic E-state index is 11.9. The van der Waals surface area contributed by atoms with Gasteiger partial charge in [-0.05, 0) is 31.2 Å². The van der Waals surface area contributed by atoms with Gasteiger partial charge in [-0.15, -0.1) is 0 Å². The highest BCUT2D eigenvalue weighted by Crippen LogP contribution is 2.20. The smallest absolute Gasteiger partial charge is 0.338 e. The van der Waals surface area contributed by atoms with Crippen molar-refractivity contribution in [2.75, 3.05) is 42.6 Å². The normalized spacial score (nSPS) is 14.7. The van der Waals surface area contributed by atoms with E-state index < -0.39 is 0 Å². The molecule has 0 N–H and O–H groups in total. The Morgan fingerprint density at radius 1 is 1.09 bits per heavy atom. The van der Waals surface area contributed by atoms with Crippen LogP contribution in [0.4, 0.5) is 11.6 Å². The average molecular weight is 312 g/mol. The highest BCUT2D eigenvalue weighted by molar-refractivity contribution is 5.90. The molecule has 6 nitrogen and oxygen atoms in total. The Morgan fingerprint density at radius 2 is 1.78 bits per heavy atom. The van der Waals surface area contributed by atoms with Crippen molar-refractivity contribution < 1.29 is 9.53 Å². The highest BCUT2D eigenvalue weighted by atomic mass is 16.5. The topological polar surface area (TPSA) is 58.6 Å². The van der Waals surface area contributed by atoms with Crippen molar-refractivity contribution >= 4 is 17.6 Å². The van der Waals surface area contributed by atoms with Gasteiger partial charge < -0.3 is 14.5 Å². The zero-order chi connectivity index (χ0) is 16.1. The van der Waals surface area contributed by atoms with Gasteiger partial charge in [0.05, 0.1) is 12.2 Å². The predicted octanol–water partition coefficient (Wildman–Crippen LogP) is 1.98. The molecule has 2 heterocycles. The molecule has 1 aromatic heterocycles. The van der Waals surface area contributed by atoms with Crippen molar-refractivity contribution in [3.05, 3.63) is 48.3 Å². The fourth-order valence-electron chi connectivity index (χ4n) is 2.66. The summed E-state index contributed by atoms with van der Waals surface area (Å²) in [6.07, 6.45) is 3.52. The number of anilines is 2. The minimum Gasteiger partial charge on any atom is -0.462 e. The lowest BCUT2D eigenvalue weighted by Crippen LogP contribution is -2.47. The van der Waals surface area contributed by atoms with E-state index in [0.717, 1.165) is 37.8 Å². The van der Waals surface area contributed by atoms with Crippen LogP contribution in [-0.4, -0.2) is 48.7 Å². The quantitative estimate of drug-likeness (QED) is 0.805. The second-order valence-corrected chi connectivity index (χ2v) is 5.29. The first-order valence-electron chi connectivity index (χ1n) is 7.82. The molecule has 0 unspecified atom stereocenters. The summed E-state index contributed by atoms with van der Waals surface area (Å²) in [5.41, 5.74) is 1.64. The number of aromatic nitrogens is 2. The monoisotopic (exact) mass is 312 g/mol. The van der Waals surface area contributed by atoms with E-state index in [1.807, 2.05) is 31.2 Å². The van der Waals surface area contributed by atoms with Gasteiger partial charge in [-0.2, -0.15) is 0 Å². The number of ether oxygens (including phenoxy) is 1. The molecule has 0 bridgehead atoms. The van der Waals surface area contributed by atoms with E-state index in [4.69, 9.17) is 4.74 Å². The Morgan fingerprint density at radius 3 is 2.48 bits per heavy atom. The number of rotatable bonds is 4. The van der Waals surface area contributed by atoms with Crippen LogP contribution in [0, 0.1) is 0 Å². The van der Waals surface area contributed by atoms with Gasteiger partial charge in [0.25, 0.3) is 0 Å². The summed E-state index contributed by atoms with van der Waals surface area (Å²) in [5.74, 6) is 0.498. The number of esters is 1. The number of hydrogen-bond acceptors (Lipinski definition) is 6. The lowest BCUT2D eigenvalue weighted by molar-refractivity contribution is 0.0526. The van der Waals surface area contributed by atoms with E-state index in [2.05, 4.69) is 19.8 Å². The summed E-state index contributed by atoms with van der Waals surface area (Å²) in [4.78, 5) is 24.9. The molecule has 1 saturated heterocycles. The lowest BCUT2D eigenvalue weighted by atomic mass is 10.1. The number of nitrogens with zero attached hydrogens (tertiary/aromatic N) is 4. The SMILES string of the molecule is CCOC(=O)c1cccc(N2CCN(c3ncccn3)CC2)c1. The lowest BCUT2D eigenvalue weighted by Gasteiger charge is -2.36. The van der Waals surface area contributed by atoms with Gasteiger partial charge in [0, 0.05) is 44.3 Å². The maximum absolute atomic E-state index is 11.9. The third-order valence-electron chi connectivity index (χ3n) is 3.84. The molecule has 0 saturated carbocycles. The Kier molecular flexibility index (Phi) is 4.71. The first kappa shape index (κ1) is 15.3. The van der Waals surface area contributed by atoms with E-state index in [9.17, 15) is 4.79 Å². The van der Waals surface area contributed by atoms with Crippen LogP contribution >= 0.6 is 0 Å². The molecule has 0 atom stereocenters. The van der Waals surface area contributed by atoms with Gasteiger partial charge in [-0.25, -0.2) is 14.8 Å². The fraction of sp³-hybridized carbons (Fsp3) is 0.353. The number of benzene rings is 1. The second kappa shape index (κ2) is 7.09. The molecule has 0 aliphatic carbocycles. The van der Waals surface area contributed by atoms with Crippen LogP contribution in [0.1, 0.15) is 17.3 Å². The van der Waals surface area contributed by atoms with Crippen LogP contribution in [0.5, 0.6) is 0 Å². The largest absolute Gasteiger partial charge is 0.462 e. The molecule has 3 rings (SSSR count). The fourth-order valence-corrected chi connectivity index (χ4v) is 2.66. The Labute approximate surface area is 135 Å². The molecule has 2 aromatic rings. The van der Waals surface area contributed by atoms with E-state index in [1.165, 1.54) is 0 Å². The minimum absolute atomic E-state index is 0.273. The minimum atomic E-state index is -0.273. The van der Waals surface area contributed by atoms with Crippen molar-refractivity contribution in [3.63, 3.8) is 0 Å². The molecular formula is C17H20N4O2. The molecule has 1 aromatic carbocycles. The van der Waals surface area contributed by atoms with Crippen molar-refractivity contribution in [2.24, 2.45) is 0 Å². The maximum Gasteiger partial charge on any atom is 0.338 e. The third kappa shape index (κ3) is 3.59. The first-order valence-corrected chi connectivity index (χ1v) is 7.82. The zero-order valence-electron chi connectivity index (χ0n) is 13.2. The van der Waals surface area contributed by atoms with Gasteiger partial charge >= 0.3 is 5.97 Å². The van der Waals surface area contributed by atoms with Gasteiger partial charge in [0.15, 0.2) is 0 Å². The van der Waals surface area contributed by atoms with Crippen LogP contribution in [0.3, 0.4) is 0 Å². The molecule has 0 spiro atoms. The standard InChI is InChI=1S/C17H20N4O2/c1-2-23-16(22)14-5-3-6-15(13-14)20-9-11-21(12-10-20)17-18-7-4-8-19-17/h3-8,13H,2,9-12H2,1H3. The van der Waals surface area contributed by atoms with E-state index in [-0.39, 0.29) is 5.97 Å². The van der Waals surface area contributed by atoms with Crippen molar-refractivity contribution in [3.8, 4) is 0 Å². The van der Waals surface area contributed by atoms with Crippen LogP contribution < -0.4 is 9.80 Å². The number of piperazine rings is 1. The van der Waals surface area contributed by atoms with Crippen LogP contribution in [0.25, 0.3) is 0 Å². The summed E-state index contributed by atoms with van der Waals surface area (Å²) in [5, 5.41) is 0. The van der Waals surface area contributed by atoms with Gasteiger partial charge in [-0.1, -0.05) is 6.07 Å². The summed E-state index contributed by atoms with van der Waals surface area (Å²) in [7, 11) is 0. The molecule has 1 aliphatic heterocycles. The van der Waals surface area contributed by atoms with Crippen molar-refractivity contribution in [1.82, 2.24) is 9.97 Å². The van der Waals surface area contributed by atoms with Crippen LogP contribution in [0.15, 0.2) is 42.7 Å². The summed E-state index contributed by atoms with van der Waals surface area (Å²) < 4.78 is 5.06. The van der Waals surface area contributed by atoms with E-state index in [1.54, 1.807) is 18.5 Å². The number of carbonyl (C=O) groups excluding carboxylic acids is 1. The average Bonchev–Trinajstić information content (AvgIpc) is 2.63. The molecule has 0 radical (unpaired) electrons. The zero-order valence-corrected chi connectivity index (χ0v) is 13.2. The molecule has 6 heteroatoms. The molecule has 1 fully saturated rings. The van der Waals surface area contributed by atoms with E-state index >= 15 is 0 Å². The Bertz CT molecular complexity index is 655. The van der Waals surface area contributed by atoms with Crippen molar-refractivity contribution in [2.45, 2.75) is 6.92 Å². The summed E-state index contributed by atoms with van der Waals surface area (Å²) in [6.45, 7) is 5.64. The van der Waals surface area contributed by atoms with Gasteiger partial charge in [-0.3, -0.25) is 0 Å². The Balaban J connectivity index is 1.66. The van der Waals surface area contributed by atoms with Crippen LogP contribution in [0.2, 0.25) is 0 Å². The first-order chi connectivity index (χ1) is 11.3. The molecule has 120 valence electrons. The molecule has 23 heavy (non-hydrogen) atoms. The molecular weight excluding hydrogens is 292 g/mol.